The SMILES string of the molecule is CN1CCCN(C(=O)c2ccc(Nc3cncc(-c4cc5cnccc5[nH]4)n3)nc2)CC1.O=C(O)C(F)(F)F.O=C(O)C(F)(F)F. The van der Waals surface area contributed by atoms with Crippen molar-refractivity contribution in [2.45, 2.75) is 18.8 Å². The van der Waals surface area contributed by atoms with Crippen LogP contribution in [0.1, 0.15) is 16.8 Å². The molecule has 0 spiro atoms. The van der Waals surface area contributed by atoms with Gasteiger partial charge in [0, 0.05) is 49.1 Å². The van der Waals surface area contributed by atoms with Gasteiger partial charge in [-0.25, -0.2) is 19.6 Å². The summed E-state index contributed by atoms with van der Waals surface area (Å²) in [6, 6.07) is 7.51. The van der Waals surface area contributed by atoms with E-state index in [2.05, 4.69) is 42.2 Å². The molecule has 0 aromatic carbocycles. The normalized spacial score (nSPS) is 13.8. The molecular weight excluding hydrogens is 630 g/mol. The Balaban J connectivity index is 0.000000345. The molecule has 246 valence electrons. The molecule has 0 aliphatic carbocycles. The number of nitrogens with zero attached hydrogens (tertiary/aromatic N) is 6. The molecule has 1 saturated heterocycles. The Morgan fingerprint density at radius 2 is 1.52 bits per heavy atom. The molecule has 0 radical (unpaired) electrons. The number of aliphatic carboxylic acids is 2. The number of fused-ring (bicyclic) bond motifs is 1. The molecule has 0 atom stereocenters. The summed E-state index contributed by atoms with van der Waals surface area (Å²) in [6.45, 7) is 3.41. The first-order chi connectivity index (χ1) is 21.5. The van der Waals surface area contributed by atoms with Crippen molar-refractivity contribution >= 4 is 40.4 Å². The number of nitrogens with one attached hydrogen (secondary N) is 2. The van der Waals surface area contributed by atoms with E-state index >= 15 is 0 Å². The van der Waals surface area contributed by atoms with Gasteiger partial charge in [-0.15, -0.1) is 0 Å². The first-order valence-corrected chi connectivity index (χ1v) is 13.1. The molecule has 4 aromatic heterocycles. The average molecular weight is 657 g/mol. The van der Waals surface area contributed by atoms with Crippen molar-refractivity contribution in [1.82, 2.24) is 34.7 Å². The summed E-state index contributed by atoms with van der Waals surface area (Å²) in [4.78, 5) is 55.6. The second kappa shape index (κ2) is 15.1. The Hall–Kier alpha value is -5.33. The number of hydrogen-bond donors (Lipinski definition) is 4. The van der Waals surface area contributed by atoms with Crippen molar-refractivity contribution in [3.63, 3.8) is 0 Å². The second-order valence-electron chi connectivity index (χ2n) is 9.55. The molecule has 5 heterocycles. The maximum absolute atomic E-state index is 12.8. The van der Waals surface area contributed by atoms with E-state index in [9.17, 15) is 31.1 Å². The van der Waals surface area contributed by atoms with E-state index in [1.807, 2.05) is 23.2 Å². The van der Waals surface area contributed by atoms with Crippen LogP contribution in [-0.2, 0) is 9.59 Å². The molecule has 4 aromatic rings. The maximum atomic E-state index is 12.8. The van der Waals surface area contributed by atoms with Crippen LogP contribution in [0.5, 0.6) is 0 Å². The van der Waals surface area contributed by atoms with E-state index in [1.165, 1.54) is 0 Å². The van der Waals surface area contributed by atoms with Gasteiger partial charge < -0.3 is 30.3 Å². The lowest BCUT2D eigenvalue weighted by Crippen LogP contribution is -2.34. The van der Waals surface area contributed by atoms with Gasteiger partial charge in [-0.1, -0.05) is 0 Å². The third-order valence-corrected chi connectivity index (χ3v) is 6.09. The average Bonchev–Trinajstić information content (AvgIpc) is 3.31. The number of likely N-dealkylation sites (N-methyl/N-ethyl adjacent to an activating group) is 1. The van der Waals surface area contributed by atoms with Crippen molar-refractivity contribution in [3.8, 4) is 11.4 Å². The smallest absolute Gasteiger partial charge is 0.475 e. The minimum absolute atomic E-state index is 0.0226. The first-order valence-electron chi connectivity index (χ1n) is 13.1. The van der Waals surface area contributed by atoms with Crippen LogP contribution in [0.2, 0.25) is 0 Å². The Morgan fingerprint density at radius 1 is 0.848 bits per heavy atom. The fourth-order valence-electron chi connectivity index (χ4n) is 3.82. The van der Waals surface area contributed by atoms with Gasteiger partial charge in [-0.05, 0) is 44.3 Å². The standard InChI is InChI=1S/C23H24N8O.2C2HF3O2/c1-30-7-2-8-31(10-9-30)23(32)16-3-4-21(26-13-16)29-22-15-25-14-20(28-22)19-11-17-12-24-6-5-18(17)27-19;2*3-2(4,5)1(6)7/h3-6,11-15,27H,2,7-10H2,1H3,(H,26,28,29);2*(H,6,7). The number of carbonyl (C=O) groups excluding carboxylic acids is 1. The van der Waals surface area contributed by atoms with Crippen LogP contribution in [0.3, 0.4) is 0 Å². The van der Waals surface area contributed by atoms with Crippen molar-refractivity contribution in [3.05, 3.63) is 60.8 Å². The number of carbonyl (C=O) groups is 3. The number of hydrogen-bond acceptors (Lipinski definition) is 9. The van der Waals surface area contributed by atoms with Crippen LogP contribution in [0.4, 0.5) is 38.0 Å². The summed E-state index contributed by atoms with van der Waals surface area (Å²) < 4.78 is 63.5. The molecule has 1 aliphatic rings. The lowest BCUT2D eigenvalue weighted by molar-refractivity contribution is -0.193. The number of aromatic amines is 1. The van der Waals surface area contributed by atoms with Gasteiger partial charge >= 0.3 is 24.3 Å². The van der Waals surface area contributed by atoms with Crippen LogP contribution in [0.15, 0.2) is 55.2 Å². The van der Waals surface area contributed by atoms with Gasteiger partial charge in [-0.3, -0.25) is 14.8 Å². The number of halogens is 6. The quantitative estimate of drug-likeness (QED) is 0.232. The summed E-state index contributed by atoms with van der Waals surface area (Å²) in [7, 11) is 2.09. The summed E-state index contributed by atoms with van der Waals surface area (Å²) in [6.07, 6.45) is -0.670. The van der Waals surface area contributed by atoms with E-state index in [1.54, 1.807) is 36.9 Å². The van der Waals surface area contributed by atoms with Crippen molar-refractivity contribution < 1.29 is 50.9 Å². The zero-order chi connectivity index (χ0) is 34.1. The largest absolute Gasteiger partial charge is 0.490 e. The molecule has 1 amide bonds. The number of pyridine rings is 2. The lowest BCUT2D eigenvalue weighted by atomic mass is 10.2. The number of carboxylic acids is 2. The topological polar surface area (TPSA) is 178 Å². The number of rotatable bonds is 4. The highest BCUT2D eigenvalue weighted by Gasteiger charge is 2.38. The molecule has 4 N–H and O–H groups in total. The van der Waals surface area contributed by atoms with Crippen LogP contribution < -0.4 is 5.32 Å². The summed E-state index contributed by atoms with van der Waals surface area (Å²) in [5.41, 5.74) is 3.16. The Kier molecular flexibility index (Phi) is 11.5. The number of anilines is 2. The predicted octanol–water partition coefficient (Wildman–Crippen LogP) is 4.20. The zero-order valence-corrected chi connectivity index (χ0v) is 23.8. The van der Waals surface area contributed by atoms with Gasteiger partial charge in [0.2, 0.25) is 0 Å². The minimum atomic E-state index is -5.08. The van der Waals surface area contributed by atoms with Gasteiger partial charge in [0.25, 0.3) is 5.91 Å². The molecule has 1 aliphatic heterocycles. The van der Waals surface area contributed by atoms with Crippen molar-refractivity contribution in [1.29, 1.82) is 0 Å². The number of carboxylic acid groups (broad SMARTS) is 2. The van der Waals surface area contributed by atoms with Gasteiger partial charge in [0.15, 0.2) is 5.82 Å². The van der Waals surface area contributed by atoms with Crippen LogP contribution in [0, 0.1) is 0 Å². The van der Waals surface area contributed by atoms with Crippen molar-refractivity contribution in [2.24, 2.45) is 0 Å². The highest BCUT2D eigenvalue weighted by molar-refractivity contribution is 5.94. The number of alkyl halides is 6. The molecule has 0 bridgehead atoms. The fraction of sp³-hybridized carbons (Fsp3) is 0.296. The number of amides is 1. The highest BCUT2D eigenvalue weighted by Crippen LogP contribution is 2.23. The van der Waals surface area contributed by atoms with E-state index in [4.69, 9.17) is 19.8 Å². The Labute approximate surface area is 255 Å². The minimum Gasteiger partial charge on any atom is -0.475 e. The van der Waals surface area contributed by atoms with E-state index in [0.717, 1.165) is 49.2 Å². The third kappa shape index (κ3) is 10.4. The van der Waals surface area contributed by atoms with E-state index in [-0.39, 0.29) is 5.91 Å². The third-order valence-electron chi connectivity index (χ3n) is 6.09. The fourth-order valence-corrected chi connectivity index (χ4v) is 3.82. The Bertz CT molecular complexity index is 1590. The number of aromatic nitrogens is 5. The maximum Gasteiger partial charge on any atom is 0.490 e. The van der Waals surface area contributed by atoms with Crippen LogP contribution in [-0.4, -0.2) is 108 Å². The van der Waals surface area contributed by atoms with Gasteiger partial charge in [0.05, 0.1) is 23.7 Å². The summed E-state index contributed by atoms with van der Waals surface area (Å²) >= 11 is 0. The molecular formula is C27H26F6N8O5. The molecule has 1 fully saturated rings. The lowest BCUT2D eigenvalue weighted by Gasteiger charge is -2.20. The molecule has 46 heavy (non-hydrogen) atoms. The summed E-state index contributed by atoms with van der Waals surface area (Å²) in [5, 5.41) is 18.4. The van der Waals surface area contributed by atoms with E-state index in [0.29, 0.717) is 22.9 Å². The molecule has 13 nitrogen and oxygen atoms in total. The van der Waals surface area contributed by atoms with Crippen molar-refractivity contribution in [2.75, 3.05) is 38.5 Å². The number of H-pyrrole nitrogens is 1. The monoisotopic (exact) mass is 656 g/mol. The second-order valence-corrected chi connectivity index (χ2v) is 9.55. The zero-order valence-electron chi connectivity index (χ0n) is 23.8. The van der Waals surface area contributed by atoms with E-state index < -0.39 is 24.3 Å². The summed E-state index contributed by atoms with van der Waals surface area (Å²) in [5.74, 6) is -4.32. The first kappa shape index (κ1) is 35.2. The molecule has 5 rings (SSSR count). The molecule has 19 heteroatoms. The van der Waals surface area contributed by atoms with Gasteiger partial charge in [0.1, 0.15) is 11.5 Å². The van der Waals surface area contributed by atoms with Crippen LogP contribution in [0.25, 0.3) is 22.3 Å². The predicted molar refractivity (Wildman–Crippen MR) is 150 cm³/mol. The van der Waals surface area contributed by atoms with Crippen LogP contribution >= 0.6 is 0 Å². The molecule has 0 unspecified atom stereocenters. The van der Waals surface area contributed by atoms with Gasteiger partial charge in [-0.2, -0.15) is 26.3 Å². The Morgan fingerprint density at radius 3 is 2.11 bits per heavy atom. The highest BCUT2D eigenvalue weighted by atomic mass is 19.4. The molecule has 0 saturated carbocycles.